The van der Waals surface area contributed by atoms with Gasteiger partial charge in [0.05, 0.1) is 11.3 Å². The summed E-state index contributed by atoms with van der Waals surface area (Å²) >= 11 is 4.35. The first kappa shape index (κ1) is 8.50. The minimum absolute atomic E-state index is 0.0694. The predicted molar refractivity (Wildman–Crippen MR) is 50.3 cm³/mol. The van der Waals surface area contributed by atoms with Crippen LogP contribution in [0.2, 0.25) is 0 Å². The van der Waals surface area contributed by atoms with Crippen molar-refractivity contribution < 1.29 is 4.79 Å². The number of β-lactam (4-membered cyclic amide) rings is 1. The van der Waals surface area contributed by atoms with Gasteiger partial charge in [-0.25, -0.2) is 9.97 Å². The van der Waals surface area contributed by atoms with Gasteiger partial charge in [0.2, 0.25) is 5.91 Å². The summed E-state index contributed by atoms with van der Waals surface area (Å²) in [5.41, 5.74) is 0. The van der Waals surface area contributed by atoms with Crippen molar-refractivity contribution in [3.8, 4) is 0 Å². The topological polar surface area (TPSA) is 54.9 Å². The highest BCUT2D eigenvalue weighted by atomic mass is 32.1. The third kappa shape index (κ3) is 1.65. The van der Waals surface area contributed by atoms with Crippen LogP contribution in [0.25, 0.3) is 0 Å². The van der Waals surface area contributed by atoms with Crippen LogP contribution in [0.15, 0.2) is 18.5 Å². The van der Waals surface area contributed by atoms with Crippen molar-refractivity contribution in [2.24, 2.45) is 0 Å². The van der Waals surface area contributed by atoms with Crippen molar-refractivity contribution in [1.82, 2.24) is 15.3 Å². The second kappa shape index (κ2) is 3.33. The lowest BCUT2D eigenvalue weighted by molar-refractivity contribution is -0.128. The maximum Gasteiger partial charge on any atom is 0.222 e. The van der Waals surface area contributed by atoms with Crippen LogP contribution in [0, 0.1) is 0 Å². The van der Waals surface area contributed by atoms with Crippen LogP contribution in [0.5, 0.6) is 0 Å². The largest absolute Gasteiger partial charge is 0.351 e. The van der Waals surface area contributed by atoms with E-state index in [-0.39, 0.29) is 17.2 Å². The number of thiol groups is 1. The summed E-state index contributed by atoms with van der Waals surface area (Å²) in [6.45, 7) is 0. The van der Waals surface area contributed by atoms with Crippen LogP contribution in [0.1, 0.15) is 17.5 Å². The van der Waals surface area contributed by atoms with E-state index in [0.29, 0.717) is 12.2 Å². The van der Waals surface area contributed by atoms with Gasteiger partial charge in [-0.1, -0.05) is 0 Å². The predicted octanol–water partition coefficient (Wildman–Crippen LogP) is 0.336. The smallest absolute Gasteiger partial charge is 0.222 e. The van der Waals surface area contributed by atoms with Crippen LogP contribution >= 0.6 is 12.6 Å². The first-order chi connectivity index (χ1) is 6.27. The first-order valence-electron chi connectivity index (χ1n) is 4.02. The number of nitrogens with zero attached hydrogens (tertiary/aromatic N) is 2. The van der Waals surface area contributed by atoms with Gasteiger partial charge < -0.3 is 5.32 Å². The van der Waals surface area contributed by atoms with Gasteiger partial charge in [-0.05, 0) is 6.07 Å². The van der Waals surface area contributed by atoms with Gasteiger partial charge in [0.1, 0.15) is 5.82 Å². The number of rotatable bonds is 2. The number of carbonyl (C=O) groups excluding carboxylic acids is 1. The Bertz CT molecular complexity index is 308. The summed E-state index contributed by atoms with van der Waals surface area (Å²) in [6, 6.07) is 1.84. The normalized spacial score (nSPS) is 23.2. The van der Waals surface area contributed by atoms with E-state index in [2.05, 4.69) is 27.9 Å². The Morgan fingerprint density at radius 3 is 2.69 bits per heavy atom. The van der Waals surface area contributed by atoms with Crippen molar-refractivity contribution in [2.45, 2.75) is 17.7 Å². The minimum Gasteiger partial charge on any atom is -0.351 e. The lowest BCUT2D eigenvalue weighted by Crippen LogP contribution is -2.50. The molecule has 1 aliphatic heterocycles. The number of hydrogen-bond donors (Lipinski definition) is 2. The molecule has 5 heteroatoms. The van der Waals surface area contributed by atoms with E-state index in [1.54, 1.807) is 18.5 Å². The number of aromatic nitrogens is 2. The summed E-state index contributed by atoms with van der Waals surface area (Å²) in [5, 5.41) is 2.65. The van der Waals surface area contributed by atoms with E-state index in [1.165, 1.54) is 0 Å². The molecule has 2 atom stereocenters. The molecule has 1 aromatic rings. The summed E-state index contributed by atoms with van der Waals surface area (Å²) in [7, 11) is 0. The molecule has 4 nitrogen and oxygen atoms in total. The molecule has 0 bridgehead atoms. The lowest BCUT2D eigenvalue weighted by atomic mass is 10.0. The molecule has 0 saturated carbocycles. The van der Waals surface area contributed by atoms with Crippen LogP contribution in [-0.4, -0.2) is 21.9 Å². The Morgan fingerprint density at radius 2 is 2.15 bits per heavy atom. The van der Waals surface area contributed by atoms with E-state index >= 15 is 0 Å². The molecular weight excluding hydrogens is 186 g/mol. The summed E-state index contributed by atoms with van der Waals surface area (Å²) in [4.78, 5) is 18.8. The molecule has 0 radical (unpaired) electrons. The molecule has 1 unspecified atom stereocenters. The third-order valence-electron chi connectivity index (χ3n) is 1.98. The third-order valence-corrected chi connectivity index (χ3v) is 2.57. The monoisotopic (exact) mass is 195 g/mol. The molecule has 2 rings (SSSR count). The second-order valence-corrected chi connectivity index (χ2v) is 3.49. The Morgan fingerprint density at radius 1 is 1.54 bits per heavy atom. The van der Waals surface area contributed by atoms with E-state index in [9.17, 15) is 4.79 Å². The number of hydrogen-bond acceptors (Lipinski definition) is 4. The number of carbonyl (C=O) groups is 1. The standard InChI is InChI=1S/C8H9N3OS/c12-6-4-5(11-6)7(13)8-9-2-1-3-10-8/h1-3,5,7,13H,4H2,(H,11,12)/t5?,7-/m1/s1. The number of amides is 1. The molecule has 13 heavy (non-hydrogen) atoms. The molecule has 0 aromatic carbocycles. The molecular formula is C8H9N3OS. The van der Waals surface area contributed by atoms with Gasteiger partial charge in [-0.2, -0.15) is 12.6 Å². The van der Waals surface area contributed by atoms with E-state index in [0.717, 1.165) is 0 Å². The van der Waals surface area contributed by atoms with Crippen molar-refractivity contribution >= 4 is 18.5 Å². The Labute approximate surface area is 81.2 Å². The fourth-order valence-corrected chi connectivity index (χ4v) is 1.53. The molecule has 68 valence electrons. The maximum absolute atomic E-state index is 10.7. The van der Waals surface area contributed by atoms with E-state index in [4.69, 9.17) is 0 Å². The van der Waals surface area contributed by atoms with Gasteiger partial charge in [-0.3, -0.25) is 4.79 Å². The Hall–Kier alpha value is -1.10. The quantitative estimate of drug-likeness (QED) is 0.528. The Kier molecular flexibility index (Phi) is 2.18. The molecule has 1 amide bonds. The fraction of sp³-hybridized carbons (Fsp3) is 0.375. The van der Waals surface area contributed by atoms with Crippen LogP contribution in [-0.2, 0) is 4.79 Å². The molecule has 1 saturated heterocycles. The zero-order valence-electron chi connectivity index (χ0n) is 6.84. The lowest BCUT2D eigenvalue weighted by Gasteiger charge is -2.30. The first-order valence-corrected chi connectivity index (χ1v) is 4.53. The SMILES string of the molecule is O=C1CC([C@@H](S)c2ncccn2)N1. The van der Waals surface area contributed by atoms with Crippen LogP contribution in [0.4, 0.5) is 0 Å². The zero-order chi connectivity index (χ0) is 9.26. The van der Waals surface area contributed by atoms with Crippen molar-refractivity contribution in [1.29, 1.82) is 0 Å². The van der Waals surface area contributed by atoms with Crippen LogP contribution < -0.4 is 5.32 Å². The van der Waals surface area contributed by atoms with E-state index < -0.39 is 0 Å². The molecule has 1 aromatic heterocycles. The highest BCUT2D eigenvalue weighted by Crippen LogP contribution is 2.26. The van der Waals surface area contributed by atoms with Gasteiger partial charge in [0.25, 0.3) is 0 Å². The zero-order valence-corrected chi connectivity index (χ0v) is 7.74. The Balaban J connectivity index is 2.06. The summed E-state index contributed by atoms with van der Waals surface area (Å²) < 4.78 is 0. The van der Waals surface area contributed by atoms with Crippen molar-refractivity contribution in [3.05, 3.63) is 24.3 Å². The van der Waals surface area contributed by atoms with E-state index in [1.807, 2.05) is 0 Å². The molecule has 1 N–H and O–H groups in total. The molecule has 1 fully saturated rings. The molecule has 0 spiro atoms. The van der Waals surface area contributed by atoms with Crippen molar-refractivity contribution in [2.75, 3.05) is 0 Å². The van der Waals surface area contributed by atoms with Gasteiger partial charge in [0, 0.05) is 18.8 Å². The minimum atomic E-state index is -0.0982. The molecule has 1 aliphatic rings. The van der Waals surface area contributed by atoms with Gasteiger partial charge in [0.15, 0.2) is 0 Å². The van der Waals surface area contributed by atoms with Gasteiger partial charge in [-0.15, -0.1) is 0 Å². The molecule has 2 heterocycles. The fourth-order valence-electron chi connectivity index (χ4n) is 1.22. The highest BCUT2D eigenvalue weighted by Gasteiger charge is 2.32. The second-order valence-electron chi connectivity index (χ2n) is 2.93. The average molecular weight is 195 g/mol. The highest BCUT2D eigenvalue weighted by molar-refractivity contribution is 7.80. The summed E-state index contributed by atoms with van der Waals surface area (Å²) in [5.74, 6) is 0.732. The maximum atomic E-state index is 10.7. The van der Waals surface area contributed by atoms with Gasteiger partial charge >= 0.3 is 0 Å². The molecule has 0 aliphatic carbocycles. The van der Waals surface area contributed by atoms with Crippen molar-refractivity contribution in [3.63, 3.8) is 0 Å². The van der Waals surface area contributed by atoms with Crippen LogP contribution in [0.3, 0.4) is 0 Å². The number of nitrogens with one attached hydrogen (secondary N) is 1. The average Bonchev–Trinajstić information content (AvgIpc) is 2.13. The summed E-state index contributed by atoms with van der Waals surface area (Å²) in [6.07, 6.45) is 3.87.